The van der Waals surface area contributed by atoms with Gasteiger partial charge in [-0.3, -0.25) is 14.4 Å². The van der Waals surface area contributed by atoms with Crippen LogP contribution in [0.3, 0.4) is 0 Å². The summed E-state index contributed by atoms with van der Waals surface area (Å²) in [7, 11) is 0. The zero-order chi connectivity index (χ0) is 30.0. The van der Waals surface area contributed by atoms with Gasteiger partial charge in [-0.1, -0.05) is 55.3 Å². The van der Waals surface area contributed by atoms with Crippen LogP contribution in [-0.2, 0) is 30.5 Å². The van der Waals surface area contributed by atoms with Crippen LogP contribution in [0, 0.1) is 5.92 Å². The Morgan fingerprint density at radius 3 is 2.60 bits per heavy atom. The number of allylic oxidation sites excluding steroid dienone is 2. The summed E-state index contributed by atoms with van der Waals surface area (Å²) in [5.41, 5.74) is 0.313. The molecule has 3 amide bonds. The van der Waals surface area contributed by atoms with Gasteiger partial charge < -0.3 is 30.5 Å². The standard InChI is InChI=1S/C32H47N3O7/c36-24-32(18-10-11-19-32)35-28(37)21-26-15-7-2-1-3-8-17-29(38)41-23-27(34-30(26)39)16-9-12-20-33-31(40)42-22-25-13-5-4-6-14-25/h2,4-7,13-14,26-27,36H,1,3,8-12,15-24H2,(H,33,40)(H,34,39)(H,35,37). The van der Waals surface area contributed by atoms with Crippen molar-refractivity contribution < 1.29 is 33.8 Å². The number of carbonyl (C=O) groups excluding carboxylic acids is 4. The van der Waals surface area contributed by atoms with Crippen molar-refractivity contribution in [3.63, 3.8) is 0 Å². The van der Waals surface area contributed by atoms with Crippen molar-refractivity contribution in [2.75, 3.05) is 19.8 Å². The van der Waals surface area contributed by atoms with Crippen molar-refractivity contribution in [3.8, 4) is 0 Å². The zero-order valence-corrected chi connectivity index (χ0v) is 24.6. The van der Waals surface area contributed by atoms with Gasteiger partial charge in [0.1, 0.15) is 13.2 Å². The predicted octanol–water partition coefficient (Wildman–Crippen LogP) is 4.06. The van der Waals surface area contributed by atoms with Crippen LogP contribution in [0.1, 0.15) is 89.0 Å². The van der Waals surface area contributed by atoms with Gasteiger partial charge in [-0.25, -0.2) is 4.79 Å². The molecule has 4 N–H and O–H groups in total. The second-order valence-corrected chi connectivity index (χ2v) is 11.4. The first kappa shape index (κ1) is 33.1. The highest BCUT2D eigenvalue weighted by atomic mass is 16.5. The Morgan fingerprint density at radius 1 is 1.05 bits per heavy atom. The Balaban J connectivity index is 1.51. The first-order valence-electron chi connectivity index (χ1n) is 15.4. The number of nitrogens with one attached hydrogen (secondary N) is 3. The quantitative estimate of drug-likeness (QED) is 0.174. The van der Waals surface area contributed by atoms with E-state index in [-0.39, 0.29) is 44.0 Å². The fourth-order valence-corrected chi connectivity index (χ4v) is 5.40. The van der Waals surface area contributed by atoms with E-state index in [9.17, 15) is 24.3 Å². The van der Waals surface area contributed by atoms with Crippen LogP contribution in [0.15, 0.2) is 42.5 Å². The van der Waals surface area contributed by atoms with Crippen molar-refractivity contribution in [2.24, 2.45) is 5.92 Å². The molecule has 2 atom stereocenters. The first-order valence-corrected chi connectivity index (χ1v) is 15.4. The molecule has 0 aromatic heterocycles. The Bertz CT molecular complexity index is 1020. The van der Waals surface area contributed by atoms with Crippen LogP contribution in [0.5, 0.6) is 0 Å². The lowest BCUT2D eigenvalue weighted by Crippen LogP contribution is -2.50. The number of rotatable bonds is 11. The molecule has 1 aromatic rings. The Labute approximate surface area is 249 Å². The molecule has 1 saturated carbocycles. The number of aliphatic hydroxyl groups is 1. The Hall–Kier alpha value is -3.40. The summed E-state index contributed by atoms with van der Waals surface area (Å²) in [6, 6.07) is 9.02. The number of benzene rings is 1. The van der Waals surface area contributed by atoms with E-state index in [1.54, 1.807) is 0 Å². The molecule has 10 nitrogen and oxygen atoms in total. The van der Waals surface area contributed by atoms with E-state index in [1.807, 2.05) is 42.5 Å². The van der Waals surface area contributed by atoms with Crippen LogP contribution in [0.2, 0.25) is 0 Å². The molecular formula is C32H47N3O7. The van der Waals surface area contributed by atoms with Crippen molar-refractivity contribution in [1.29, 1.82) is 0 Å². The molecule has 1 fully saturated rings. The van der Waals surface area contributed by atoms with Crippen LogP contribution in [0.25, 0.3) is 0 Å². The number of hydrogen-bond donors (Lipinski definition) is 4. The summed E-state index contributed by atoms with van der Waals surface area (Å²) in [5.74, 6) is -1.38. The normalized spacial score (nSPS) is 21.5. The van der Waals surface area contributed by atoms with E-state index < -0.39 is 23.6 Å². The second kappa shape index (κ2) is 18.2. The largest absolute Gasteiger partial charge is 0.463 e. The minimum atomic E-state index is -0.594. The number of aliphatic hydroxyl groups excluding tert-OH is 1. The van der Waals surface area contributed by atoms with Crippen molar-refractivity contribution in [2.45, 2.75) is 102 Å². The van der Waals surface area contributed by atoms with Gasteiger partial charge >= 0.3 is 12.1 Å². The van der Waals surface area contributed by atoms with Crippen LogP contribution < -0.4 is 16.0 Å². The summed E-state index contributed by atoms with van der Waals surface area (Å²) in [4.78, 5) is 50.6. The fourth-order valence-electron chi connectivity index (χ4n) is 5.40. The van der Waals surface area contributed by atoms with Crippen molar-refractivity contribution >= 4 is 23.9 Å². The molecular weight excluding hydrogens is 538 g/mol. The van der Waals surface area contributed by atoms with E-state index >= 15 is 0 Å². The molecule has 1 aliphatic carbocycles. The third-order valence-electron chi connectivity index (χ3n) is 7.91. The maximum atomic E-state index is 13.4. The van der Waals surface area contributed by atoms with Gasteiger partial charge in [0.05, 0.1) is 24.1 Å². The minimum absolute atomic E-state index is 0.0133. The minimum Gasteiger partial charge on any atom is -0.463 e. The number of unbranched alkanes of at least 4 members (excludes halogenated alkanes) is 1. The van der Waals surface area contributed by atoms with Gasteiger partial charge in [0, 0.05) is 19.4 Å². The monoisotopic (exact) mass is 585 g/mol. The summed E-state index contributed by atoms with van der Waals surface area (Å²) in [5, 5.41) is 18.6. The summed E-state index contributed by atoms with van der Waals surface area (Å²) >= 11 is 0. The van der Waals surface area contributed by atoms with E-state index in [0.717, 1.165) is 50.5 Å². The molecule has 42 heavy (non-hydrogen) atoms. The summed E-state index contributed by atoms with van der Waals surface area (Å²) in [6.45, 7) is 0.553. The summed E-state index contributed by atoms with van der Waals surface area (Å²) in [6.07, 6.45) is 11.8. The number of amides is 3. The molecule has 2 aliphatic rings. The predicted molar refractivity (Wildman–Crippen MR) is 158 cm³/mol. The molecule has 3 rings (SSSR count). The molecule has 0 radical (unpaired) electrons. The molecule has 0 spiro atoms. The number of carbonyl (C=O) groups is 4. The molecule has 1 heterocycles. The second-order valence-electron chi connectivity index (χ2n) is 11.4. The average Bonchev–Trinajstić information content (AvgIpc) is 3.46. The lowest BCUT2D eigenvalue weighted by atomic mass is 9.95. The maximum Gasteiger partial charge on any atom is 0.407 e. The third-order valence-corrected chi connectivity index (χ3v) is 7.91. The molecule has 2 unspecified atom stereocenters. The number of alkyl carbamates (subject to hydrolysis) is 1. The average molecular weight is 586 g/mol. The highest BCUT2D eigenvalue weighted by Crippen LogP contribution is 2.29. The van der Waals surface area contributed by atoms with Crippen LogP contribution >= 0.6 is 0 Å². The smallest absolute Gasteiger partial charge is 0.407 e. The van der Waals surface area contributed by atoms with E-state index in [0.29, 0.717) is 38.6 Å². The van der Waals surface area contributed by atoms with Gasteiger partial charge in [-0.05, 0) is 63.4 Å². The van der Waals surface area contributed by atoms with Gasteiger partial charge in [0.2, 0.25) is 11.8 Å². The molecule has 10 heteroatoms. The van der Waals surface area contributed by atoms with Crippen molar-refractivity contribution in [3.05, 3.63) is 48.0 Å². The van der Waals surface area contributed by atoms with Gasteiger partial charge in [0.25, 0.3) is 0 Å². The Morgan fingerprint density at radius 2 is 1.83 bits per heavy atom. The highest BCUT2D eigenvalue weighted by molar-refractivity contribution is 5.86. The molecule has 0 bridgehead atoms. The van der Waals surface area contributed by atoms with E-state index in [2.05, 4.69) is 16.0 Å². The van der Waals surface area contributed by atoms with E-state index in [4.69, 9.17) is 9.47 Å². The highest BCUT2D eigenvalue weighted by Gasteiger charge is 2.35. The topological polar surface area (TPSA) is 143 Å². The van der Waals surface area contributed by atoms with Gasteiger partial charge in [-0.15, -0.1) is 0 Å². The van der Waals surface area contributed by atoms with E-state index in [1.165, 1.54) is 0 Å². The van der Waals surface area contributed by atoms with Gasteiger partial charge in [-0.2, -0.15) is 0 Å². The molecule has 1 aromatic carbocycles. The number of hydrogen-bond acceptors (Lipinski definition) is 7. The van der Waals surface area contributed by atoms with Gasteiger partial charge in [0.15, 0.2) is 0 Å². The molecule has 232 valence electrons. The number of ether oxygens (including phenoxy) is 2. The maximum absolute atomic E-state index is 13.4. The third kappa shape index (κ3) is 12.2. The fraction of sp³-hybridized carbons (Fsp3) is 0.625. The Kier molecular flexibility index (Phi) is 14.3. The number of cyclic esters (lactones) is 1. The lowest BCUT2D eigenvalue weighted by Gasteiger charge is -2.29. The number of esters is 1. The first-order chi connectivity index (χ1) is 20.4. The molecule has 1 aliphatic heterocycles. The SMILES string of the molecule is O=C(CC1CC=CCCCCC(=O)OCC(CCCCNC(=O)OCc2ccccc2)NC1=O)NC1(CO)CCCC1. The van der Waals surface area contributed by atoms with Crippen molar-refractivity contribution in [1.82, 2.24) is 16.0 Å². The lowest BCUT2D eigenvalue weighted by molar-refractivity contribution is -0.145. The van der Waals surface area contributed by atoms with Crippen LogP contribution in [-0.4, -0.2) is 60.3 Å². The summed E-state index contributed by atoms with van der Waals surface area (Å²) < 4.78 is 10.7. The van der Waals surface area contributed by atoms with Crippen LogP contribution in [0.4, 0.5) is 4.79 Å². The molecule has 0 saturated heterocycles. The zero-order valence-electron chi connectivity index (χ0n) is 24.6.